The van der Waals surface area contributed by atoms with Crippen molar-refractivity contribution in [1.29, 1.82) is 0 Å². The molecule has 0 aromatic heterocycles. The Morgan fingerprint density at radius 2 is 1.25 bits per heavy atom. The minimum Gasteiger partial charge on any atom is -0.0683 e. The smallest absolute Gasteiger partial charge is 0.0448 e. The minimum atomic E-state index is 0.935. The summed E-state index contributed by atoms with van der Waals surface area (Å²) in [6.45, 7) is 10.7. The maximum absolute atomic E-state index is 2.28. The van der Waals surface area contributed by atoms with Crippen molar-refractivity contribution in [3.05, 3.63) is 0 Å². The minimum absolute atomic E-state index is 0.935. The van der Waals surface area contributed by atoms with Crippen LogP contribution < -0.4 is 0 Å². The molecule has 0 amide bonds. The first-order valence-corrected chi connectivity index (χ1v) is 3.81. The molecule has 0 aliphatic rings. The van der Waals surface area contributed by atoms with E-state index in [2.05, 4.69) is 20.8 Å². The molecule has 0 spiro atoms. The van der Waals surface area contributed by atoms with Gasteiger partial charge < -0.3 is 0 Å². The first-order valence-electron chi connectivity index (χ1n) is 3.81. The Morgan fingerprint density at radius 3 is 1.25 bits per heavy atom. The fraction of sp³-hybridized carbons (Fsp3) is 1.00. The lowest BCUT2D eigenvalue weighted by molar-refractivity contribution is 0.544. The zero-order chi connectivity index (χ0) is 6.99. The van der Waals surface area contributed by atoms with Gasteiger partial charge in [0, 0.05) is 0 Å². The molecule has 0 aliphatic carbocycles. The van der Waals surface area contributed by atoms with Crippen LogP contribution in [-0.4, -0.2) is 0 Å². The molecule has 0 radical (unpaired) electrons. The number of rotatable bonds is 2. The summed E-state index contributed by atoms with van der Waals surface area (Å²) in [7, 11) is 0. The third-order valence-corrected chi connectivity index (χ3v) is 1.39. The average molecular weight is 116 g/mol. The van der Waals surface area contributed by atoms with Gasteiger partial charge in [0.25, 0.3) is 0 Å². The molecule has 0 atom stereocenters. The van der Waals surface area contributed by atoms with Crippen LogP contribution in [0.5, 0.6) is 0 Å². The van der Waals surface area contributed by atoms with E-state index in [0.29, 0.717) is 0 Å². The van der Waals surface area contributed by atoms with E-state index in [1.807, 2.05) is 13.8 Å². The second-order valence-corrected chi connectivity index (χ2v) is 1.92. The van der Waals surface area contributed by atoms with E-state index >= 15 is 0 Å². The molecule has 0 aromatic rings. The normalized spacial score (nSPS) is 8.25. The van der Waals surface area contributed by atoms with Crippen molar-refractivity contribution < 1.29 is 0 Å². The third-order valence-electron chi connectivity index (χ3n) is 1.39. The molecule has 0 heterocycles. The van der Waals surface area contributed by atoms with Gasteiger partial charge in [-0.3, -0.25) is 0 Å². The highest BCUT2D eigenvalue weighted by Gasteiger charge is 1.88. The Hall–Kier alpha value is 0. The van der Waals surface area contributed by atoms with Crippen LogP contribution in [0.3, 0.4) is 0 Å². The van der Waals surface area contributed by atoms with Crippen molar-refractivity contribution in [2.24, 2.45) is 5.92 Å². The van der Waals surface area contributed by atoms with E-state index in [0.717, 1.165) is 5.92 Å². The predicted octanol–water partition coefficient (Wildman–Crippen LogP) is 3.47. The number of hydrogen-bond donors (Lipinski definition) is 0. The Morgan fingerprint density at radius 1 is 1.00 bits per heavy atom. The Kier molecular flexibility index (Phi) is 13.7. The molecule has 0 unspecified atom stereocenters. The van der Waals surface area contributed by atoms with Crippen LogP contribution in [0.15, 0.2) is 0 Å². The fourth-order valence-corrected chi connectivity index (χ4v) is 0.289. The van der Waals surface area contributed by atoms with Gasteiger partial charge in [0.05, 0.1) is 0 Å². The fourth-order valence-electron chi connectivity index (χ4n) is 0.289. The van der Waals surface area contributed by atoms with Crippen molar-refractivity contribution in [2.75, 3.05) is 0 Å². The lowest BCUT2D eigenvalue weighted by Gasteiger charge is -1.98. The molecule has 0 aliphatic heterocycles. The van der Waals surface area contributed by atoms with Gasteiger partial charge in [0.15, 0.2) is 0 Å². The van der Waals surface area contributed by atoms with Gasteiger partial charge in [-0.25, -0.2) is 0 Å². The Labute approximate surface area is 54.3 Å². The van der Waals surface area contributed by atoms with E-state index in [-0.39, 0.29) is 0 Å². The van der Waals surface area contributed by atoms with Crippen molar-refractivity contribution in [3.63, 3.8) is 0 Å². The average Bonchev–Trinajstić information content (AvgIpc) is 1.91. The molecule has 0 heteroatoms. The zero-order valence-electron chi connectivity index (χ0n) is 6.99. The van der Waals surface area contributed by atoms with Crippen molar-refractivity contribution in [1.82, 2.24) is 0 Å². The number of hydrogen-bond acceptors (Lipinski definition) is 0. The molecule has 0 saturated carbocycles. The molecule has 0 aromatic carbocycles. The molecule has 8 heavy (non-hydrogen) atoms. The third kappa shape index (κ3) is 9.38. The van der Waals surface area contributed by atoms with Crippen LogP contribution in [-0.2, 0) is 0 Å². The monoisotopic (exact) mass is 116 g/mol. The molecule has 0 N–H and O–H groups in total. The van der Waals surface area contributed by atoms with Gasteiger partial charge >= 0.3 is 0 Å². The molecule has 0 rings (SSSR count). The summed E-state index contributed by atoms with van der Waals surface area (Å²) in [5.74, 6) is 0.935. The van der Waals surface area contributed by atoms with Crippen LogP contribution in [0.1, 0.15) is 47.5 Å². The molecule has 0 nitrogen and oxygen atoms in total. The summed E-state index contributed by atoms with van der Waals surface area (Å²) >= 11 is 0. The summed E-state index contributed by atoms with van der Waals surface area (Å²) in [5, 5.41) is 0. The van der Waals surface area contributed by atoms with Crippen molar-refractivity contribution >= 4 is 0 Å². The largest absolute Gasteiger partial charge is 0.0683 e. The highest BCUT2D eigenvalue weighted by atomic mass is 13.9. The van der Waals surface area contributed by atoms with E-state index < -0.39 is 0 Å². The van der Waals surface area contributed by atoms with Crippen LogP contribution >= 0.6 is 0 Å². The Bertz CT molecular complexity index is 19.2. The SMILES string of the molecule is CC.CCC(C)CC. The molecule has 52 valence electrons. The zero-order valence-corrected chi connectivity index (χ0v) is 6.99. The summed E-state index contributed by atoms with van der Waals surface area (Å²) in [6.07, 6.45) is 2.66. The van der Waals surface area contributed by atoms with E-state index in [1.54, 1.807) is 0 Å². The van der Waals surface area contributed by atoms with Crippen LogP contribution in [0.4, 0.5) is 0 Å². The first kappa shape index (κ1) is 10.9. The highest BCUT2D eigenvalue weighted by Crippen LogP contribution is 2.02. The van der Waals surface area contributed by atoms with Crippen LogP contribution in [0.25, 0.3) is 0 Å². The summed E-state index contributed by atoms with van der Waals surface area (Å²) < 4.78 is 0. The topological polar surface area (TPSA) is 0 Å². The van der Waals surface area contributed by atoms with Gasteiger partial charge in [0.2, 0.25) is 0 Å². The standard InChI is InChI=1S/C6H14.C2H6/c1-4-6(3)5-2;1-2/h6H,4-5H2,1-3H3;1-2H3. The van der Waals surface area contributed by atoms with Gasteiger partial charge in [-0.2, -0.15) is 0 Å². The Balaban J connectivity index is 0. The van der Waals surface area contributed by atoms with E-state index in [4.69, 9.17) is 0 Å². The summed E-state index contributed by atoms with van der Waals surface area (Å²) in [4.78, 5) is 0. The molecular formula is C8H20. The lowest BCUT2D eigenvalue weighted by Crippen LogP contribution is -1.85. The van der Waals surface area contributed by atoms with Crippen molar-refractivity contribution in [2.45, 2.75) is 47.5 Å². The second kappa shape index (κ2) is 10.1. The molecular weight excluding hydrogens is 96.1 g/mol. The van der Waals surface area contributed by atoms with Gasteiger partial charge in [0.1, 0.15) is 0 Å². The van der Waals surface area contributed by atoms with Gasteiger partial charge in [-0.15, -0.1) is 0 Å². The summed E-state index contributed by atoms with van der Waals surface area (Å²) in [5.41, 5.74) is 0. The highest BCUT2D eigenvalue weighted by molar-refractivity contribution is 4.41. The molecule has 0 saturated heterocycles. The van der Waals surface area contributed by atoms with Crippen LogP contribution in [0, 0.1) is 5.92 Å². The summed E-state index contributed by atoms with van der Waals surface area (Å²) in [6, 6.07) is 0. The lowest BCUT2D eigenvalue weighted by atomic mass is 10.1. The van der Waals surface area contributed by atoms with Crippen molar-refractivity contribution in [3.8, 4) is 0 Å². The van der Waals surface area contributed by atoms with Crippen LogP contribution in [0.2, 0.25) is 0 Å². The molecule has 0 fully saturated rings. The predicted molar refractivity (Wildman–Crippen MR) is 41.1 cm³/mol. The second-order valence-electron chi connectivity index (χ2n) is 1.92. The molecule has 0 bridgehead atoms. The van der Waals surface area contributed by atoms with E-state index in [1.165, 1.54) is 12.8 Å². The van der Waals surface area contributed by atoms with E-state index in [9.17, 15) is 0 Å². The first-order chi connectivity index (χ1) is 3.81. The quantitative estimate of drug-likeness (QED) is 0.518. The van der Waals surface area contributed by atoms with Gasteiger partial charge in [-0.1, -0.05) is 47.5 Å². The maximum atomic E-state index is 2.28. The van der Waals surface area contributed by atoms with Gasteiger partial charge in [-0.05, 0) is 5.92 Å². The maximum Gasteiger partial charge on any atom is -0.0448 e.